The van der Waals surface area contributed by atoms with Crippen LogP contribution in [0.2, 0.25) is 0 Å². The van der Waals surface area contributed by atoms with Gasteiger partial charge < -0.3 is 14.4 Å². The van der Waals surface area contributed by atoms with E-state index in [1.165, 1.54) is 4.57 Å². The van der Waals surface area contributed by atoms with Gasteiger partial charge in [-0.15, -0.1) is 0 Å². The first-order valence-corrected chi connectivity index (χ1v) is 7.05. The van der Waals surface area contributed by atoms with Crippen LogP contribution in [0.5, 0.6) is 0 Å². The van der Waals surface area contributed by atoms with E-state index in [0.717, 1.165) is 26.2 Å². The number of amides is 1. The van der Waals surface area contributed by atoms with E-state index < -0.39 is 0 Å². The fourth-order valence-corrected chi connectivity index (χ4v) is 2.68. The molecule has 0 spiro atoms. The Morgan fingerprint density at radius 1 is 1.21 bits per heavy atom. The predicted octanol–water partition coefficient (Wildman–Crippen LogP) is 0.844. The molecular weight excluding hydrogens is 310 g/mol. The molecule has 2 heterocycles. The van der Waals surface area contributed by atoms with Crippen LogP contribution >= 0.6 is 15.9 Å². The maximum absolute atomic E-state index is 12.5. The molecule has 0 unspecified atom stereocenters. The zero-order chi connectivity index (χ0) is 14.2. The van der Waals surface area contributed by atoms with E-state index in [1.54, 1.807) is 20.0 Å². The van der Waals surface area contributed by atoms with E-state index in [-0.39, 0.29) is 11.5 Å². The number of carbonyl (C=O) groups is 1. The zero-order valence-corrected chi connectivity index (χ0v) is 13.0. The Labute approximate surface area is 120 Å². The molecule has 104 valence electrons. The molecule has 0 N–H and O–H groups in total. The first kappa shape index (κ1) is 14.3. The van der Waals surface area contributed by atoms with Gasteiger partial charge in [0.25, 0.3) is 11.5 Å². The van der Waals surface area contributed by atoms with Crippen molar-refractivity contribution in [2.75, 3.05) is 33.2 Å². The van der Waals surface area contributed by atoms with E-state index in [1.807, 2.05) is 4.90 Å². The van der Waals surface area contributed by atoms with Crippen molar-refractivity contribution in [3.05, 3.63) is 32.2 Å². The van der Waals surface area contributed by atoms with Crippen LogP contribution in [0.3, 0.4) is 0 Å². The van der Waals surface area contributed by atoms with E-state index >= 15 is 0 Å². The summed E-state index contributed by atoms with van der Waals surface area (Å²) in [5.74, 6) is 0.00176. The highest BCUT2D eigenvalue weighted by Crippen LogP contribution is 2.15. The summed E-state index contributed by atoms with van der Waals surface area (Å²) in [6.45, 7) is 5.04. The molecule has 1 fully saturated rings. The van der Waals surface area contributed by atoms with Crippen LogP contribution in [0.15, 0.2) is 15.3 Å². The summed E-state index contributed by atoms with van der Waals surface area (Å²) in [4.78, 5) is 28.3. The maximum atomic E-state index is 12.5. The molecule has 0 radical (unpaired) electrons. The summed E-state index contributed by atoms with van der Waals surface area (Å²) >= 11 is 3.22. The minimum atomic E-state index is -0.118. The number of likely N-dealkylation sites (N-methyl/N-ethyl adjacent to an activating group) is 1. The number of hydrogen-bond acceptors (Lipinski definition) is 3. The molecule has 0 bridgehead atoms. The van der Waals surface area contributed by atoms with Crippen LogP contribution in [-0.2, 0) is 7.05 Å². The average Bonchev–Trinajstić information content (AvgIpc) is 2.40. The fourth-order valence-electron chi connectivity index (χ4n) is 2.18. The average molecular weight is 328 g/mol. The third-order valence-electron chi connectivity index (χ3n) is 3.69. The second kappa shape index (κ2) is 5.46. The van der Waals surface area contributed by atoms with Gasteiger partial charge in [-0.05, 0) is 36.0 Å². The van der Waals surface area contributed by atoms with Gasteiger partial charge in [0, 0.05) is 38.9 Å². The summed E-state index contributed by atoms with van der Waals surface area (Å²) in [7, 11) is 3.74. The minimum absolute atomic E-state index is 0.00176. The first-order valence-electron chi connectivity index (χ1n) is 6.25. The smallest absolute Gasteiger partial charge is 0.264 e. The van der Waals surface area contributed by atoms with E-state index in [9.17, 15) is 9.59 Å². The van der Waals surface area contributed by atoms with Gasteiger partial charge in [-0.1, -0.05) is 0 Å². The predicted molar refractivity (Wildman–Crippen MR) is 77.5 cm³/mol. The number of pyridine rings is 1. The summed E-state index contributed by atoms with van der Waals surface area (Å²) < 4.78 is 1.94. The maximum Gasteiger partial charge on any atom is 0.264 e. The van der Waals surface area contributed by atoms with Gasteiger partial charge in [0.05, 0.1) is 10.0 Å². The van der Waals surface area contributed by atoms with Crippen LogP contribution in [-0.4, -0.2) is 53.5 Å². The molecule has 0 aliphatic carbocycles. The second-order valence-electron chi connectivity index (χ2n) is 4.95. The van der Waals surface area contributed by atoms with Gasteiger partial charge >= 0.3 is 0 Å². The van der Waals surface area contributed by atoms with Gasteiger partial charge in [-0.2, -0.15) is 0 Å². The van der Waals surface area contributed by atoms with Crippen molar-refractivity contribution in [2.24, 2.45) is 7.05 Å². The Morgan fingerprint density at radius 2 is 1.79 bits per heavy atom. The van der Waals surface area contributed by atoms with Crippen molar-refractivity contribution in [3.8, 4) is 0 Å². The van der Waals surface area contributed by atoms with Crippen LogP contribution in [0.25, 0.3) is 0 Å². The van der Waals surface area contributed by atoms with E-state index in [2.05, 4.69) is 27.9 Å². The Bertz CT molecular complexity index is 560. The Morgan fingerprint density at radius 3 is 2.37 bits per heavy atom. The summed E-state index contributed by atoms with van der Waals surface area (Å²) in [6, 6.07) is 1.64. The van der Waals surface area contributed by atoms with Gasteiger partial charge in [0.15, 0.2) is 0 Å². The zero-order valence-electron chi connectivity index (χ0n) is 11.4. The molecule has 19 heavy (non-hydrogen) atoms. The first-order chi connectivity index (χ1) is 8.91. The molecule has 2 rings (SSSR count). The summed E-state index contributed by atoms with van der Waals surface area (Å²) in [5.41, 5.74) is 1.18. The van der Waals surface area contributed by atoms with Crippen molar-refractivity contribution in [1.29, 1.82) is 0 Å². The van der Waals surface area contributed by atoms with Crippen LogP contribution in [0.1, 0.15) is 16.1 Å². The lowest BCUT2D eigenvalue weighted by Gasteiger charge is -2.32. The highest BCUT2D eigenvalue weighted by Gasteiger charge is 2.23. The molecule has 5 nitrogen and oxygen atoms in total. The molecule has 1 saturated heterocycles. The SMILES string of the molecule is Cc1c(C(=O)N2CCN(C)CC2)cc(Br)c(=O)n1C. The molecule has 6 heteroatoms. The highest BCUT2D eigenvalue weighted by atomic mass is 79.9. The largest absolute Gasteiger partial charge is 0.336 e. The second-order valence-corrected chi connectivity index (χ2v) is 5.81. The molecule has 1 aliphatic rings. The third kappa shape index (κ3) is 2.74. The molecule has 1 aliphatic heterocycles. The lowest BCUT2D eigenvalue weighted by Crippen LogP contribution is -2.47. The molecular formula is C13H18BrN3O2. The Kier molecular flexibility index (Phi) is 4.10. The monoisotopic (exact) mass is 327 g/mol. The summed E-state index contributed by atoms with van der Waals surface area (Å²) in [5, 5.41) is 0. The van der Waals surface area contributed by atoms with Crippen molar-refractivity contribution in [2.45, 2.75) is 6.92 Å². The van der Waals surface area contributed by atoms with Crippen LogP contribution in [0.4, 0.5) is 0 Å². The minimum Gasteiger partial charge on any atom is -0.336 e. The standard InChI is InChI=1S/C13H18BrN3O2/c1-9-10(8-11(14)13(19)16(9)3)12(18)17-6-4-15(2)5-7-17/h8H,4-7H2,1-3H3. The Hall–Kier alpha value is -1.14. The Balaban J connectivity index is 2.32. The fraction of sp³-hybridized carbons (Fsp3) is 0.538. The van der Waals surface area contributed by atoms with Gasteiger partial charge in [-0.3, -0.25) is 9.59 Å². The number of nitrogens with zero attached hydrogens (tertiary/aromatic N) is 3. The number of carbonyl (C=O) groups excluding carboxylic acids is 1. The third-order valence-corrected chi connectivity index (χ3v) is 4.26. The van der Waals surface area contributed by atoms with Gasteiger partial charge in [0.1, 0.15) is 0 Å². The number of rotatable bonds is 1. The van der Waals surface area contributed by atoms with Gasteiger partial charge in [-0.25, -0.2) is 0 Å². The van der Waals surface area contributed by atoms with Crippen LogP contribution in [0, 0.1) is 6.92 Å². The van der Waals surface area contributed by atoms with E-state index in [0.29, 0.717) is 15.7 Å². The topological polar surface area (TPSA) is 45.6 Å². The molecule has 0 atom stereocenters. The quantitative estimate of drug-likeness (QED) is 0.768. The molecule has 1 amide bonds. The van der Waals surface area contributed by atoms with Gasteiger partial charge in [0.2, 0.25) is 0 Å². The van der Waals surface area contributed by atoms with Crippen molar-refractivity contribution in [1.82, 2.24) is 14.4 Å². The number of aromatic nitrogens is 1. The number of piperazine rings is 1. The highest BCUT2D eigenvalue weighted by molar-refractivity contribution is 9.10. The molecule has 0 saturated carbocycles. The molecule has 1 aromatic heterocycles. The number of halogens is 1. The van der Waals surface area contributed by atoms with Crippen molar-refractivity contribution in [3.63, 3.8) is 0 Å². The normalized spacial score (nSPS) is 16.7. The van der Waals surface area contributed by atoms with Crippen molar-refractivity contribution < 1.29 is 4.79 Å². The molecule has 1 aromatic rings. The lowest BCUT2D eigenvalue weighted by atomic mass is 10.1. The molecule has 0 aromatic carbocycles. The summed E-state index contributed by atoms with van der Waals surface area (Å²) in [6.07, 6.45) is 0. The van der Waals surface area contributed by atoms with Crippen molar-refractivity contribution >= 4 is 21.8 Å². The van der Waals surface area contributed by atoms with E-state index in [4.69, 9.17) is 0 Å². The lowest BCUT2D eigenvalue weighted by molar-refractivity contribution is 0.0662. The van der Waals surface area contributed by atoms with Crippen LogP contribution < -0.4 is 5.56 Å². The number of hydrogen-bond donors (Lipinski definition) is 0.